The number of nitrogens with zero attached hydrogens (tertiary/aromatic N) is 2. The standard InChI is InChI=1S/C14H22N4O/c1-17-6-7-18(12(8-15)10-17)9-11-4-2-3-5-13(11)14(16)19/h2-5,12H,6-10,15H2,1H3,(H2,16,19). The lowest BCUT2D eigenvalue weighted by atomic mass is 10.0. The minimum atomic E-state index is -0.367. The van der Waals surface area contributed by atoms with Gasteiger partial charge in [-0.3, -0.25) is 9.69 Å². The largest absolute Gasteiger partial charge is 0.366 e. The number of amides is 1. The first kappa shape index (κ1) is 14.0. The van der Waals surface area contributed by atoms with Crippen LogP contribution in [0.5, 0.6) is 0 Å². The summed E-state index contributed by atoms with van der Waals surface area (Å²) in [5, 5.41) is 0. The van der Waals surface area contributed by atoms with Crippen molar-refractivity contribution in [2.45, 2.75) is 12.6 Å². The second-order valence-corrected chi connectivity index (χ2v) is 5.14. The Hall–Kier alpha value is -1.43. The summed E-state index contributed by atoms with van der Waals surface area (Å²) >= 11 is 0. The van der Waals surface area contributed by atoms with Gasteiger partial charge in [-0.15, -0.1) is 0 Å². The molecule has 1 aromatic carbocycles. The third-order valence-electron chi connectivity index (χ3n) is 3.74. The molecule has 5 nitrogen and oxygen atoms in total. The topological polar surface area (TPSA) is 75.6 Å². The van der Waals surface area contributed by atoms with Crippen LogP contribution < -0.4 is 11.5 Å². The van der Waals surface area contributed by atoms with E-state index in [1.54, 1.807) is 6.07 Å². The predicted molar refractivity (Wildman–Crippen MR) is 75.7 cm³/mol. The molecule has 1 heterocycles. The van der Waals surface area contributed by atoms with Crippen LogP contribution in [0.3, 0.4) is 0 Å². The molecule has 2 rings (SSSR count). The lowest BCUT2D eigenvalue weighted by Gasteiger charge is -2.39. The number of piperazine rings is 1. The maximum atomic E-state index is 11.4. The summed E-state index contributed by atoms with van der Waals surface area (Å²) in [6.07, 6.45) is 0. The van der Waals surface area contributed by atoms with Crippen molar-refractivity contribution >= 4 is 5.91 Å². The minimum absolute atomic E-state index is 0.333. The molecule has 5 heteroatoms. The molecule has 19 heavy (non-hydrogen) atoms. The summed E-state index contributed by atoms with van der Waals surface area (Å²) < 4.78 is 0. The van der Waals surface area contributed by atoms with Gasteiger partial charge in [0, 0.05) is 44.3 Å². The van der Waals surface area contributed by atoms with Gasteiger partial charge in [0.1, 0.15) is 0 Å². The van der Waals surface area contributed by atoms with Crippen LogP contribution in [0.25, 0.3) is 0 Å². The Bertz CT molecular complexity index is 449. The number of nitrogens with two attached hydrogens (primary N) is 2. The van der Waals surface area contributed by atoms with E-state index in [-0.39, 0.29) is 5.91 Å². The number of carbonyl (C=O) groups is 1. The Morgan fingerprint density at radius 3 is 2.79 bits per heavy atom. The zero-order valence-electron chi connectivity index (χ0n) is 11.4. The number of hydrogen-bond acceptors (Lipinski definition) is 4. The second-order valence-electron chi connectivity index (χ2n) is 5.14. The van der Waals surface area contributed by atoms with Crippen LogP contribution in [-0.4, -0.2) is 55.0 Å². The number of rotatable bonds is 4. The van der Waals surface area contributed by atoms with E-state index in [9.17, 15) is 4.79 Å². The maximum Gasteiger partial charge on any atom is 0.249 e. The molecule has 1 atom stereocenters. The molecule has 1 saturated heterocycles. The van der Waals surface area contributed by atoms with Gasteiger partial charge in [0.05, 0.1) is 0 Å². The van der Waals surface area contributed by atoms with E-state index >= 15 is 0 Å². The number of benzene rings is 1. The fourth-order valence-corrected chi connectivity index (χ4v) is 2.60. The molecule has 0 aromatic heterocycles. The van der Waals surface area contributed by atoms with E-state index < -0.39 is 0 Å². The quantitative estimate of drug-likeness (QED) is 0.792. The molecule has 1 amide bonds. The van der Waals surface area contributed by atoms with Crippen LogP contribution in [0.4, 0.5) is 0 Å². The second kappa shape index (κ2) is 6.14. The number of carbonyl (C=O) groups excluding carboxylic acids is 1. The lowest BCUT2D eigenvalue weighted by Crippen LogP contribution is -2.54. The number of hydrogen-bond donors (Lipinski definition) is 2. The molecule has 0 saturated carbocycles. The Kier molecular flexibility index (Phi) is 4.52. The summed E-state index contributed by atoms with van der Waals surface area (Å²) in [5.74, 6) is -0.367. The zero-order valence-corrected chi connectivity index (χ0v) is 11.4. The monoisotopic (exact) mass is 262 g/mol. The molecule has 1 aliphatic heterocycles. The van der Waals surface area contributed by atoms with Gasteiger partial charge in [0.2, 0.25) is 5.91 Å². The molecule has 0 aliphatic carbocycles. The molecule has 104 valence electrons. The summed E-state index contributed by atoms with van der Waals surface area (Å²) in [6.45, 7) is 4.31. The van der Waals surface area contributed by atoms with E-state index in [1.807, 2.05) is 18.2 Å². The molecule has 4 N–H and O–H groups in total. The third-order valence-corrected chi connectivity index (χ3v) is 3.74. The SMILES string of the molecule is CN1CCN(Cc2ccccc2C(N)=O)C(CN)C1. The first-order chi connectivity index (χ1) is 9.11. The average Bonchev–Trinajstić information content (AvgIpc) is 2.41. The Labute approximate surface area is 114 Å². The van der Waals surface area contributed by atoms with Crippen molar-refractivity contribution in [2.24, 2.45) is 11.5 Å². The van der Waals surface area contributed by atoms with Crippen molar-refractivity contribution in [3.63, 3.8) is 0 Å². The van der Waals surface area contributed by atoms with Gasteiger partial charge in [-0.2, -0.15) is 0 Å². The van der Waals surface area contributed by atoms with Crippen LogP contribution in [-0.2, 0) is 6.54 Å². The van der Waals surface area contributed by atoms with Crippen molar-refractivity contribution in [3.8, 4) is 0 Å². The molecule has 0 radical (unpaired) electrons. The summed E-state index contributed by atoms with van der Waals surface area (Å²) in [4.78, 5) is 16.1. The van der Waals surface area contributed by atoms with Gasteiger partial charge in [0.15, 0.2) is 0 Å². The van der Waals surface area contributed by atoms with E-state index in [0.717, 1.165) is 31.7 Å². The maximum absolute atomic E-state index is 11.4. The number of likely N-dealkylation sites (N-methyl/N-ethyl adjacent to an activating group) is 1. The molecule has 1 unspecified atom stereocenters. The molecule has 1 aliphatic rings. The van der Waals surface area contributed by atoms with Crippen LogP contribution in [0.2, 0.25) is 0 Å². The van der Waals surface area contributed by atoms with Gasteiger partial charge in [-0.1, -0.05) is 18.2 Å². The third kappa shape index (κ3) is 3.32. The lowest BCUT2D eigenvalue weighted by molar-refractivity contribution is 0.0869. The highest BCUT2D eigenvalue weighted by atomic mass is 16.1. The zero-order chi connectivity index (χ0) is 13.8. The summed E-state index contributed by atoms with van der Waals surface area (Å²) in [7, 11) is 2.11. The fraction of sp³-hybridized carbons (Fsp3) is 0.500. The highest BCUT2D eigenvalue weighted by molar-refractivity contribution is 5.94. The van der Waals surface area contributed by atoms with Gasteiger partial charge < -0.3 is 16.4 Å². The first-order valence-corrected chi connectivity index (χ1v) is 6.62. The number of primary amides is 1. The van der Waals surface area contributed by atoms with Crippen molar-refractivity contribution in [1.29, 1.82) is 0 Å². The van der Waals surface area contributed by atoms with Gasteiger partial charge in [-0.25, -0.2) is 0 Å². The summed E-state index contributed by atoms with van der Waals surface area (Å²) in [5.41, 5.74) is 12.9. The fourth-order valence-electron chi connectivity index (χ4n) is 2.60. The Morgan fingerprint density at radius 2 is 2.11 bits per heavy atom. The van der Waals surface area contributed by atoms with Crippen LogP contribution >= 0.6 is 0 Å². The molecule has 1 aromatic rings. The Balaban J connectivity index is 2.14. The average molecular weight is 262 g/mol. The van der Waals surface area contributed by atoms with Crippen molar-refractivity contribution in [1.82, 2.24) is 9.80 Å². The van der Waals surface area contributed by atoms with Gasteiger partial charge >= 0.3 is 0 Å². The Morgan fingerprint density at radius 1 is 1.37 bits per heavy atom. The molecule has 0 spiro atoms. The van der Waals surface area contributed by atoms with E-state index in [0.29, 0.717) is 18.2 Å². The highest BCUT2D eigenvalue weighted by Gasteiger charge is 2.24. The van der Waals surface area contributed by atoms with Crippen molar-refractivity contribution in [3.05, 3.63) is 35.4 Å². The molecular formula is C14H22N4O. The molecule has 1 fully saturated rings. The van der Waals surface area contributed by atoms with E-state index in [4.69, 9.17) is 11.5 Å². The first-order valence-electron chi connectivity index (χ1n) is 6.62. The van der Waals surface area contributed by atoms with Gasteiger partial charge in [0.25, 0.3) is 0 Å². The summed E-state index contributed by atoms with van der Waals surface area (Å²) in [6, 6.07) is 7.86. The smallest absolute Gasteiger partial charge is 0.249 e. The van der Waals surface area contributed by atoms with Crippen LogP contribution in [0.1, 0.15) is 15.9 Å². The predicted octanol–water partition coefficient (Wildman–Crippen LogP) is -0.140. The molecule has 0 bridgehead atoms. The van der Waals surface area contributed by atoms with Gasteiger partial charge in [-0.05, 0) is 18.7 Å². The van der Waals surface area contributed by atoms with Crippen LogP contribution in [0, 0.1) is 0 Å². The highest BCUT2D eigenvalue weighted by Crippen LogP contribution is 2.15. The van der Waals surface area contributed by atoms with E-state index in [1.165, 1.54) is 0 Å². The van der Waals surface area contributed by atoms with Crippen molar-refractivity contribution < 1.29 is 4.79 Å². The van der Waals surface area contributed by atoms with Crippen LogP contribution in [0.15, 0.2) is 24.3 Å². The minimum Gasteiger partial charge on any atom is -0.366 e. The van der Waals surface area contributed by atoms with E-state index in [2.05, 4.69) is 16.8 Å². The molecular weight excluding hydrogens is 240 g/mol. The normalized spacial score (nSPS) is 21.5. The van der Waals surface area contributed by atoms with Crippen molar-refractivity contribution in [2.75, 3.05) is 33.2 Å².